The summed E-state index contributed by atoms with van der Waals surface area (Å²) in [6.45, 7) is 2.89. The lowest BCUT2D eigenvalue weighted by atomic mass is 10.2. The third kappa shape index (κ3) is 3.64. The lowest BCUT2D eigenvalue weighted by molar-refractivity contribution is 0.230. The number of urea groups is 1. The lowest BCUT2D eigenvalue weighted by Gasteiger charge is -2.14. The van der Waals surface area contributed by atoms with E-state index in [9.17, 15) is 4.79 Å². The number of hydrogen-bond donors (Lipinski definition) is 2. The molecular weight excluding hydrogens is 218 g/mol. The van der Waals surface area contributed by atoms with Crippen molar-refractivity contribution in [1.82, 2.24) is 4.90 Å². The fraction of sp³-hybridized carbons (Fsp3) is 0.417. The number of carbonyl (C=O) groups is 1. The van der Waals surface area contributed by atoms with Gasteiger partial charge in [0.15, 0.2) is 0 Å². The van der Waals surface area contributed by atoms with E-state index in [2.05, 4.69) is 5.32 Å². The van der Waals surface area contributed by atoms with Crippen molar-refractivity contribution < 1.29 is 9.53 Å². The van der Waals surface area contributed by atoms with Gasteiger partial charge in [0.2, 0.25) is 0 Å². The largest absolute Gasteiger partial charge is 0.494 e. The highest BCUT2D eigenvalue weighted by atomic mass is 16.5. The van der Waals surface area contributed by atoms with E-state index in [1.807, 2.05) is 19.1 Å². The minimum Gasteiger partial charge on any atom is -0.494 e. The number of rotatable bonds is 4. The Morgan fingerprint density at radius 2 is 2.18 bits per heavy atom. The Kier molecular flexibility index (Phi) is 4.78. The molecule has 0 spiro atoms. The zero-order chi connectivity index (χ0) is 12.8. The average Bonchev–Trinajstić information content (AvgIpc) is 2.31. The smallest absolute Gasteiger partial charge is 0.321 e. The number of anilines is 1. The van der Waals surface area contributed by atoms with Gasteiger partial charge >= 0.3 is 6.03 Å². The molecule has 17 heavy (non-hydrogen) atoms. The number of carbonyl (C=O) groups excluding carboxylic acids is 1. The van der Waals surface area contributed by atoms with Gasteiger partial charge in [0.05, 0.1) is 6.61 Å². The second-order valence-electron chi connectivity index (χ2n) is 3.78. The van der Waals surface area contributed by atoms with Crippen LogP contribution in [0, 0.1) is 0 Å². The first-order chi connectivity index (χ1) is 8.08. The molecule has 0 unspecified atom stereocenters. The van der Waals surface area contributed by atoms with Gasteiger partial charge in [-0.1, -0.05) is 0 Å². The minimum absolute atomic E-state index is 0.169. The number of ether oxygens (including phenoxy) is 1. The Hall–Kier alpha value is -1.75. The quantitative estimate of drug-likeness (QED) is 0.836. The molecule has 1 aromatic rings. The average molecular weight is 237 g/mol. The predicted octanol–water partition coefficient (Wildman–Crippen LogP) is 1.64. The van der Waals surface area contributed by atoms with Gasteiger partial charge in [-0.05, 0) is 25.1 Å². The Morgan fingerprint density at radius 3 is 2.71 bits per heavy atom. The highest BCUT2D eigenvalue weighted by Crippen LogP contribution is 2.22. The van der Waals surface area contributed by atoms with Crippen LogP contribution in [0.3, 0.4) is 0 Å². The van der Waals surface area contributed by atoms with Crippen LogP contribution in [-0.4, -0.2) is 31.6 Å². The van der Waals surface area contributed by atoms with Gasteiger partial charge in [-0.15, -0.1) is 0 Å². The van der Waals surface area contributed by atoms with Crippen LogP contribution < -0.4 is 15.8 Å². The summed E-state index contributed by atoms with van der Waals surface area (Å²) in [5, 5.41) is 2.76. The summed E-state index contributed by atoms with van der Waals surface area (Å²) in [5.74, 6) is 0.762. The highest BCUT2D eigenvalue weighted by Gasteiger charge is 2.07. The zero-order valence-corrected chi connectivity index (χ0v) is 10.5. The van der Waals surface area contributed by atoms with Crippen molar-refractivity contribution >= 4 is 11.7 Å². The number of benzene rings is 1. The molecule has 0 atom stereocenters. The summed E-state index contributed by atoms with van der Waals surface area (Å²) in [7, 11) is 3.38. The van der Waals surface area contributed by atoms with Crippen LogP contribution in [0.25, 0.3) is 0 Å². The van der Waals surface area contributed by atoms with E-state index >= 15 is 0 Å². The summed E-state index contributed by atoms with van der Waals surface area (Å²) in [5.41, 5.74) is 7.23. The van der Waals surface area contributed by atoms with Crippen LogP contribution in [0.1, 0.15) is 12.5 Å². The van der Waals surface area contributed by atoms with Gasteiger partial charge < -0.3 is 20.7 Å². The van der Waals surface area contributed by atoms with E-state index in [4.69, 9.17) is 10.5 Å². The van der Waals surface area contributed by atoms with E-state index < -0.39 is 0 Å². The molecule has 2 amide bonds. The van der Waals surface area contributed by atoms with Crippen molar-refractivity contribution in [2.75, 3.05) is 26.0 Å². The molecular formula is C12H19N3O2. The molecule has 0 saturated heterocycles. The second-order valence-corrected chi connectivity index (χ2v) is 3.78. The number of nitrogens with two attached hydrogens (primary N) is 1. The van der Waals surface area contributed by atoms with Gasteiger partial charge in [-0.3, -0.25) is 0 Å². The third-order valence-electron chi connectivity index (χ3n) is 2.24. The molecule has 1 rings (SSSR count). The summed E-state index contributed by atoms with van der Waals surface area (Å²) >= 11 is 0. The van der Waals surface area contributed by atoms with Crippen LogP contribution in [0.15, 0.2) is 18.2 Å². The van der Waals surface area contributed by atoms with E-state index in [0.717, 1.165) is 11.3 Å². The predicted molar refractivity (Wildman–Crippen MR) is 68.2 cm³/mol. The molecule has 3 N–H and O–H groups in total. The minimum atomic E-state index is -0.169. The molecule has 0 bridgehead atoms. The number of nitrogens with one attached hydrogen (secondary N) is 1. The second kappa shape index (κ2) is 6.10. The lowest BCUT2D eigenvalue weighted by Crippen LogP contribution is -2.27. The maximum atomic E-state index is 11.5. The maximum Gasteiger partial charge on any atom is 0.321 e. The standard InChI is InChI=1S/C12H19N3O2/c1-4-17-11-6-5-10(7-9(11)8-13)14-12(16)15(2)3/h5-7H,4,8,13H2,1-3H3,(H,14,16). The first-order valence-corrected chi connectivity index (χ1v) is 5.52. The van der Waals surface area contributed by atoms with Gasteiger partial charge in [-0.25, -0.2) is 4.79 Å². The normalized spacial score (nSPS) is 9.88. The molecule has 0 aliphatic rings. The molecule has 5 nitrogen and oxygen atoms in total. The molecule has 0 aromatic heterocycles. The molecule has 0 heterocycles. The number of hydrogen-bond acceptors (Lipinski definition) is 3. The maximum absolute atomic E-state index is 11.5. The Labute approximate surface area is 102 Å². The molecule has 1 aromatic carbocycles. The summed E-state index contributed by atoms with van der Waals surface area (Å²) in [6, 6.07) is 5.27. The number of nitrogens with zero attached hydrogens (tertiary/aromatic N) is 1. The molecule has 0 aliphatic heterocycles. The Bertz CT molecular complexity index is 391. The fourth-order valence-corrected chi connectivity index (χ4v) is 1.35. The van der Waals surface area contributed by atoms with Crippen LogP contribution >= 0.6 is 0 Å². The van der Waals surface area contributed by atoms with Crippen LogP contribution in [-0.2, 0) is 6.54 Å². The monoisotopic (exact) mass is 237 g/mol. The van der Waals surface area contributed by atoms with Crippen molar-refractivity contribution in [3.05, 3.63) is 23.8 Å². The van der Waals surface area contributed by atoms with Gasteiger partial charge in [0.25, 0.3) is 0 Å². The molecule has 5 heteroatoms. The highest BCUT2D eigenvalue weighted by molar-refractivity contribution is 5.89. The first kappa shape index (κ1) is 13.3. The molecule has 0 aliphatic carbocycles. The van der Waals surface area contributed by atoms with E-state index in [-0.39, 0.29) is 6.03 Å². The van der Waals surface area contributed by atoms with Crippen LogP contribution in [0.5, 0.6) is 5.75 Å². The van der Waals surface area contributed by atoms with Crippen molar-refractivity contribution in [2.45, 2.75) is 13.5 Å². The van der Waals surface area contributed by atoms with Gasteiger partial charge in [0, 0.05) is 31.9 Å². The van der Waals surface area contributed by atoms with E-state index in [1.54, 1.807) is 20.2 Å². The van der Waals surface area contributed by atoms with Crippen LogP contribution in [0.4, 0.5) is 10.5 Å². The molecule has 0 radical (unpaired) electrons. The summed E-state index contributed by atoms with van der Waals surface area (Å²) in [4.78, 5) is 12.9. The Balaban J connectivity index is 2.85. The first-order valence-electron chi connectivity index (χ1n) is 5.52. The van der Waals surface area contributed by atoms with E-state index in [1.165, 1.54) is 4.90 Å². The molecule has 0 saturated carbocycles. The summed E-state index contributed by atoms with van der Waals surface area (Å²) < 4.78 is 5.43. The van der Waals surface area contributed by atoms with Gasteiger partial charge in [-0.2, -0.15) is 0 Å². The topological polar surface area (TPSA) is 67.6 Å². The van der Waals surface area contributed by atoms with Crippen LogP contribution in [0.2, 0.25) is 0 Å². The zero-order valence-electron chi connectivity index (χ0n) is 10.5. The summed E-state index contributed by atoms with van der Waals surface area (Å²) in [6.07, 6.45) is 0. The third-order valence-corrected chi connectivity index (χ3v) is 2.24. The molecule has 94 valence electrons. The van der Waals surface area contributed by atoms with Crippen molar-refractivity contribution in [1.29, 1.82) is 0 Å². The fourth-order valence-electron chi connectivity index (χ4n) is 1.35. The molecule has 0 fully saturated rings. The van der Waals surface area contributed by atoms with Crippen molar-refractivity contribution in [3.8, 4) is 5.75 Å². The number of amides is 2. The SMILES string of the molecule is CCOc1ccc(NC(=O)N(C)C)cc1CN. The van der Waals surface area contributed by atoms with Gasteiger partial charge in [0.1, 0.15) is 5.75 Å². The van der Waals surface area contributed by atoms with Crippen molar-refractivity contribution in [3.63, 3.8) is 0 Å². The van der Waals surface area contributed by atoms with Crippen molar-refractivity contribution in [2.24, 2.45) is 5.73 Å². The van der Waals surface area contributed by atoms with E-state index in [0.29, 0.717) is 18.8 Å². The Morgan fingerprint density at radius 1 is 1.47 bits per heavy atom.